The van der Waals surface area contributed by atoms with Crippen molar-refractivity contribution in [1.82, 2.24) is 0 Å². The van der Waals surface area contributed by atoms with Gasteiger partial charge in [-0.2, -0.15) is 0 Å². The molecule has 0 aromatic heterocycles. The van der Waals surface area contributed by atoms with Crippen LogP contribution >= 0.6 is 35.0 Å². The summed E-state index contributed by atoms with van der Waals surface area (Å²) in [6.45, 7) is -0.0644. The second kappa shape index (κ2) is 8.95. The van der Waals surface area contributed by atoms with Crippen LogP contribution < -0.4 is 0 Å². The Morgan fingerprint density at radius 1 is 0.963 bits per heavy atom. The third kappa shape index (κ3) is 5.15. The van der Waals surface area contributed by atoms with E-state index < -0.39 is 29.5 Å². The highest BCUT2D eigenvalue weighted by Crippen LogP contribution is 2.32. The molecule has 142 valence electrons. The molecule has 1 heterocycles. The van der Waals surface area contributed by atoms with Crippen LogP contribution in [0.25, 0.3) is 0 Å². The van der Waals surface area contributed by atoms with Crippen molar-refractivity contribution < 1.29 is 23.5 Å². The quantitative estimate of drug-likeness (QED) is 0.638. The van der Waals surface area contributed by atoms with Gasteiger partial charge >= 0.3 is 11.9 Å². The Labute approximate surface area is 169 Å². The van der Waals surface area contributed by atoms with E-state index in [4.69, 9.17) is 32.7 Å². The van der Waals surface area contributed by atoms with Crippen molar-refractivity contribution in [3.8, 4) is 0 Å². The van der Waals surface area contributed by atoms with E-state index in [1.54, 1.807) is 36.4 Å². The van der Waals surface area contributed by atoms with Gasteiger partial charge in [0.1, 0.15) is 18.9 Å². The number of halogens is 3. The molecule has 1 fully saturated rings. The maximum Gasteiger partial charge on any atom is 0.338 e. The monoisotopic (exact) mass is 428 g/mol. The van der Waals surface area contributed by atoms with Gasteiger partial charge in [-0.1, -0.05) is 23.2 Å². The van der Waals surface area contributed by atoms with Crippen LogP contribution in [-0.2, 0) is 9.47 Å². The third-order valence-electron chi connectivity index (χ3n) is 3.97. The van der Waals surface area contributed by atoms with Crippen LogP contribution in [0.3, 0.4) is 0 Å². The largest absolute Gasteiger partial charge is 0.461 e. The third-order valence-corrected chi connectivity index (χ3v) is 5.82. The summed E-state index contributed by atoms with van der Waals surface area (Å²) in [5.41, 5.74) is 0.620. The number of carbonyl (C=O) groups excluding carboxylic acids is 2. The molecule has 1 aliphatic rings. The summed E-state index contributed by atoms with van der Waals surface area (Å²) < 4.78 is 24.8. The van der Waals surface area contributed by atoms with Gasteiger partial charge in [-0.05, 0) is 48.5 Å². The Hall–Kier alpha value is -1.76. The van der Waals surface area contributed by atoms with E-state index in [9.17, 15) is 14.0 Å². The Kier molecular flexibility index (Phi) is 6.63. The molecular weight excluding hydrogens is 414 g/mol. The van der Waals surface area contributed by atoms with Gasteiger partial charge in [-0.3, -0.25) is 0 Å². The van der Waals surface area contributed by atoms with E-state index >= 15 is 0 Å². The lowest BCUT2D eigenvalue weighted by atomic mass is 10.1. The molecule has 2 aromatic rings. The summed E-state index contributed by atoms with van der Waals surface area (Å²) in [7, 11) is 0. The topological polar surface area (TPSA) is 52.6 Å². The van der Waals surface area contributed by atoms with E-state index in [1.807, 2.05) is 0 Å². The van der Waals surface area contributed by atoms with Crippen LogP contribution in [0.4, 0.5) is 4.39 Å². The van der Waals surface area contributed by atoms with E-state index in [0.29, 0.717) is 15.6 Å². The number of benzene rings is 2. The fourth-order valence-corrected chi connectivity index (χ4v) is 3.99. The summed E-state index contributed by atoms with van der Waals surface area (Å²) in [4.78, 5) is 24.3. The van der Waals surface area contributed by atoms with Gasteiger partial charge in [-0.15, -0.1) is 11.8 Å². The lowest BCUT2D eigenvalue weighted by Gasteiger charge is -2.20. The van der Waals surface area contributed by atoms with Crippen LogP contribution in [0.5, 0.6) is 0 Å². The zero-order chi connectivity index (χ0) is 19.4. The first kappa shape index (κ1) is 20.0. The lowest BCUT2D eigenvalue weighted by molar-refractivity contribution is 0.00476. The van der Waals surface area contributed by atoms with Crippen LogP contribution in [0.2, 0.25) is 10.0 Å². The van der Waals surface area contributed by atoms with Crippen molar-refractivity contribution in [3.05, 3.63) is 69.7 Å². The fourth-order valence-electron chi connectivity index (χ4n) is 2.54. The van der Waals surface area contributed by atoms with E-state index in [0.717, 1.165) is 0 Å². The first-order chi connectivity index (χ1) is 12.9. The number of hydrogen-bond acceptors (Lipinski definition) is 5. The van der Waals surface area contributed by atoms with Crippen LogP contribution in [0.15, 0.2) is 48.5 Å². The Morgan fingerprint density at radius 2 is 1.48 bits per heavy atom. The van der Waals surface area contributed by atoms with E-state index in [-0.39, 0.29) is 17.9 Å². The lowest BCUT2D eigenvalue weighted by Crippen LogP contribution is -2.35. The predicted molar refractivity (Wildman–Crippen MR) is 104 cm³/mol. The first-order valence-electron chi connectivity index (χ1n) is 8.09. The maximum atomic E-state index is 14.2. The highest BCUT2D eigenvalue weighted by Gasteiger charge is 2.41. The fraction of sp³-hybridized carbons (Fsp3) is 0.263. The van der Waals surface area contributed by atoms with Crippen molar-refractivity contribution in [2.75, 3.05) is 12.4 Å². The molecule has 3 rings (SSSR count). The minimum Gasteiger partial charge on any atom is -0.461 e. The number of rotatable bonds is 5. The van der Waals surface area contributed by atoms with Crippen molar-refractivity contribution in [3.63, 3.8) is 0 Å². The maximum absolute atomic E-state index is 14.2. The minimum absolute atomic E-state index is 0.0644. The molecule has 0 radical (unpaired) electrons. The van der Waals surface area contributed by atoms with Crippen molar-refractivity contribution in [2.45, 2.75) is 17.5 Å². The van der Waals surface area contributed by atoms with Gasteiger partial charge in [0.05, 0.1) is 16.4 Å². The predicted octanol–water partition coefficient (Wildman–Crippen LogP) is 4.83. The Morgan fingerprint density at radius 3 is 2.04 bits per heavy atom. The molecule has 27 heavy (non-hydrogen) atoms. The van der Waals surface area contributed by atoms with Gasteiger partial charge in [0.15, 0.2) is 0 Å². The molecule has 0 unspecified atom stereocenters. The average Bonchev–Trinajstić information content (AvgIpc) is 3.00. The molecule has 2 aromatic carbocycles. The molecule has 0 N–H and O–H groups in total. The smallest absolute Gasteiger partial charge is 0.338 e. The molecule has 0 saturated carbocycles. The molecule has 0 aliphatic carbocycles. The summed E-state index contributed by atoms with van der Waals surface area (Å²) in [6.07, 6.45) is -2.32. The zero-order valence-corrected chi connectivity index (χ0v) is 16.3. The molecule has 8 heteroatoms. The summed E-state index contributed by atoms with van der Waals surface area (Å²) in [6, 6.07) is 12.4. The van der Waals surface area contributed by atoms with Gasteiger partial charge in [0, 0.05) is 15.8 Å². The number of ether oxygens (including phenoxy) is 2. The Balaban J connectivity index is 1.59. The molecule has 0 spiro atoms. The molecule has 4 nitrogen and oxygen atoms in total. The molecule has 0 bridgehead atoms. The number of alkyl halides is 1. The van der Waals surface area contributed by atoms with Gasteiger partial charge in [0.2, 0.25) is 0 Å². The van der Waals surface area contributed by atoms with Crippen LogP contribution in [0.1, 0.15) is 20.7 Å². The van der Waals surface area contributed by atoms with Crippen molar-refractivity contribution in [1.29, 1.82) is 0 Å². The second-order valence-electron chi connectivity index (χ2n) is 5.87. The van der Waals surface area contributed by atoms with Crippen LogP contribution in [-0.4, -0.2) is 41.8 Å². The van der Waals surface area contributed by atoms with Crippen molar-refractivity contribution in [2.24, 2.45) is 0 Å². The minimum atomic E-state index is -1.33. The molecule has 1 saturated heterocycles. The summed E-state index contributed by atoms with van der Waals surface area (Å²) in [5.74, 6) is -1.02. The SMILES string of the molecule is O=C(OC[C@@H]1SC[C@@H](F)[C@@H]1OC(=O)c1ccc(Cl)cc1)c1ccc(Cl)cc1. The number of carbonyl (C=O) groups is 2. The highest BCUT2D eigenvalue weighted by atomic mass is 35.5. The highest BCUT2D eigenvalue weighted by molar-refractivity contribution is 8.00. The average molecular weight is 429 g/mol. The molecule has 1 aliphatic heterocycles. The van der Waals surface area contributed by atoms with E-state index in [1.165, 1.54) is 23.9 Å². The summed E-state index contributed by atoms with van der Waals surface area (Å²) >= 11 is 12.8. The standard InChI is InChI=1S/C19H15Cl2FO4S/c20-13-5-1-11(2-6-13)18(23)25-9-16-17(15(22)10-27-16)26-19(24)12-3-7-14(21)8-4-12/h1-8,15-17H,9-10H2/t15-,16+,17+/m1/s1. The first-order valence-corrected chi connectivity index (χ1v) is 9.89. The number of esters is 2. The van der Waals surface area contributed by atoms with Gasteiger partial charge in [0.25, 0.3) is 0 Å². The van der Waals surface area contributed by atoms with Crippen molar-refractivity contribution >= 4 is 46.9 Å². The normalized spacial score (nSPS) is 21.7. The Bertz CT molecular complexity index is 813. The number of hydrogen-bond donors (Lipinski definition) is 0. The molecule has 3 atom stereocenters. The molecular formula is C19H15Cl2FO4S. The second-order valence-corrected chi connectivity index (χ2v) is 8.01. The summed E-state index contributed by atoms with van der Waals surface area (Å²) in [5, 5.41) is 0.512. The van der Waals surface area contributed by atoms with Crippen LogP contribution in [0, 0.1) is 0 Å². The van der Waals surface area contributed by atoms with Gasteiger partial charge in [-0.25, -0.2) is 14.0 Å². The van der Waals surface area contributed by atoms with Gasteiger partial charge < -0.3 is 9.47 Å². The molecule has 0 amide bonds. The number of thioether (sulfide) groups is 1. The van der Waals surface area contributed by atoms with E-state index in [2.05, 4.69) is 0 Å². The zero-order valence-electron chi connectivity index (χ0n) is 13.9.